The normalized spacial score (nSPS) is 25.6. The average molecular weight is 317 g/mol. The summed E-state index contributed by atoms with van der Waals surface area (Å²) in [6.07, 6.45) is 2.56. The summed E-state index contributed by atoms with van der Waals surface area (Å²) in [5.41, 5.74) is 1.49. The van der Waals surface area contributed by atoms with Crippen molar-refractivity contribution in [1.82, 2.24) is 10.2 Å². The predicted octanol–water partition coefficient (Wildman–Crippen LogP) is 3.50. The van der Waals surface area contributed by atoms with E-state index >= 15 is 0 Å². The fourth-order valence-corrected chi connectivity index (χ4v) is 4.11. The van der Waals surface area contributed by atoms with E-state index in [4.69, 9.17) is 0 Å². The number of halogens is 1. The molecule has 0 radical (unpaired) electrons. The Balaban J connectivity index is 2.16. The number of thiophene rings is 1. The fraction of sp³-hybridized carbons (Fsp3) is 0.692. The van der Waals surface area contributed by atoms with Crippen molar-refractivity contribution in [3.63, 3.8) is 0 Å². The second-order valence-corrected chi connectivity index (χ2v) is 7.06. The summed E-state index contributed by atoms with van der Waals surface area (Å²) in [4.78, 5) is 2.65. The Morgan fingerprint density at radius 1 is 1.59 bits per heavy atom. The van der Waals surface area contributed by atoms with E-state index in [0.717, 1.165) is 12.5 Å². The summed E-state index contributed by atoms with van der Waals surface area (Å²) in [7, 11) is 2.06. The van der Waals surface area contributed by atoms with Gasteiger partial charge in [-0.1, -0.05) is 6.92 Å². The quantitative estimate of drug-likeness (QED) is 0.894. The first kappa shape index (κ1) is 13.5. The second-order valence-electron chi connectivity index (χ2n) is 4.77. The van der Waals surface area contributed by atoms with Crippen LogP contribution in [-0.4, -0.2) is 31.6 Å². The Bertz CT molecular complexity index is 339. The van der Waals surface area contributed by atoms with Crippen LogP contribution in [0, 0.1) is 5.92 Å². The highest BCUT2D eigenvalue weighted by molar-refractivity contribution is 9.11. The molecule has 1 fully saturated rings. The summed E-state index contributed by atoms with van der Waals surface area (Å²) in [6.45, 7) is 5.86. The van der Waals surface area contributed by atoms with Gasteiger partial charge in [-0.25, -0.2) is 0 Å². The standard InChI is InChI=1S/C13H21BrN2S/c1-3-5-16-6-4-10(8-15-2)13(16)11-7-12(14)17-9-11/h7,9-10,13,15H,3-6,8H2,1-2H3. The van der Waals surface area contributed by atoms with Crippen molar-refractivity contribution < 1.29 is 0 Å². The number of likely N-dealkylation sites (tertiary alicyclic amines) is 1. The third-order valence-corrected chi connectivity index (χ3v) is 5.06. The van der Waals surface area contributed by atoms with Gasteiger partial charge in [-0.3, -0.25) is 4.90 Å². The van der Waals surface area contributed by atoms with Gasteiger partial charge in [0.05, 0.1) is 3.79 Å². The van der Waals surface area contributed by atoms with Gasteiger partial charge < -0.3 is 5.32 Å². The average Bonchev–Trinajstić information content (AvgIpc) is 2.87. The van der Waals surface area contributed by atoms with Gasteiger partial charge in [0.15, 0.2) is 0 Å². The lowest BCUT2D eigenvalue weighted by atomic mass is 9.95. The fourth-order valence-electron chi connectivity index (χ4n) is 2.90. The zero-order valence-corrected chi connectivity index (χ0v) is 13.0. The van der Waals surface area contributed by atoms with Crippen LogP contribution in [0.25, 0.3) is 0 Å². The molecule has 0 spiro atoms. The second kappa shape index (κ2) is 6.32. The van der Waals surface area contributed by atoms with Gasteiger partial charge in [-0.15, -0.1) is 11.3 Å². The van der Waals surface area contributed by atoms with Crippen LogP contribution in [0.1, 0.15) is 31.4 Å². The van der Waals surface area contributed by atoms with Gasteiger partial charge in [-0.2, -0.15) is 0 Å². The molecule has 1 aromatic heterocycles. The minimum atomic E-state index is 0.616. The number of nitrogens with one attached hydrogen (secondary N) is 1. The van der Waals surface area contributed by atoms with E-state index in [1.54, 1.807) is 11.3 Å². The van der Waals surface area contributed by atoms with Crippen molar-refractivity contribution in [1.29, 1.82) is 0 Å². The Kier molecular flexibility index (Phi) is 5.03. The number of hydrogen-bond donors (Lipinski definition) is 1. The molecule has 0 aromatic carbocycles. The lowest BCUT2D eigenvalue weighted by Gasteiger charge is -2.27. The molecule has 2 unspecified atom stereocenters. The molecule has 17 heavy (non-hydrogen) atoms. The Morgan fingerprint density at radius 2 is 2.41 bits per heavy atom. The summed E-state index contributed by atoms with van der Waals surface area (Å²) in [5, 5.41) is 5.65. The molecule has 2 atom stereocenters. The van der Waals surface area contributed by atoms with Crippen LogP contribution in [0.2, 0.25) is 0 Å². The molecule has 2 rings (SSSR count). The third-order valence-electron chi connectivity index (χ3n) is 3.53. The molecule has 1 saturated heterocycles. The molecule has 0 amide bonds. The van der Waals surface area contributed by atoms with Crippen LogP contribution >= 0.6 is 27.3 Å². The van der Waals surface area contributed by atoms with Crippen molar-refractivity contribution in [2.24, 2.45) is 5.92 Å². The summed E-state index contributed by atoms with van der Waals surface area (Å²) < 4.78 is 1.25. The summed E-state index contributed by atoms with van der Waals surface area (Å²) in [5.74, 6) is 0.757. The summed E-state index contributed by atoms with van der Waals surface area (Å²) in [6, 6.07) is 2.91. The van der Waals surface area contributed by atoms with E-state index in [9.17, 15) is 0 Å². The molecular weight excluding hydrogens is 296 g/mol. The van der Waals surface area contributed by atoms with E-state index in [1.807, 2.05) is 0 Å². The Labute approximate surface area is 117 Å². The maximum absolute atomic E-state index is 3.58. The SMILES string of the molecule is CCCN1CCC(CNC)C1c1csc(Br)c1. The zero-order valence-electron chi connectivity index (χ0n) is 10.6. The third kappa shape index (κ3) is 3.11. The van der Waals surface area contributed by atoms with Crippen LogP contribution in [0.3, 0.4) is 0 Å². The maximum Gasteiger partial charge on any atom is 0.0701 e. The van der Waals surface area contributed by atoms with E-state index in [-0.39, 0.29) is 0 Å². The van der Waals surface area contributed by atoms with Crippen LogP contribution in [-0.2, 0) is 0 Å². The monoisotopic (exact) mass is 316 g/mol. The van der Waals surface area contributed by atoms with Gasteiger partial charge >= 0.3 is 0 Å². The molecule has 0 saturated carbocycles. The summed E-state index contributed by atoms with van der Waals surface area (Å²) >= 11 is 5.38. The van der Waals surface area contributed by atoms with Crippen LogP contribution in [0.4, 0.5) is 0 Å². The first-order chi connectivity index (χ1) is 8.26. The highest BCUT2D eigenvalue weighted by Crippen LogP contribution is 2.39. The zero-order chi connectivity index (χ0) is 12.3. The number of rotatable bonds is 5. The van der Waals surface area contributed by atoms with Crippen LogP contribution in [0.5, 0.6) is 0 Å². The van der Waals surface area contributed by atoms with Crippen molar-refractivity contribution in [2.45, 2.75) is 25.8 Å². The minimum absolute atomic E-state index is 0.616. The maximum atomic E-state index is 3.58. The van der Waals surface area contributed by atoms with Crippen molar-refractivity contribution >= 4 is 27.3 Å². The van der Waals surface area contributed by atoms with Gasteiger partial charge in [0.25, 0.3) is 0 Å². The van der Waals surface area contributed by atoms with E-state index in [2.05, 4.69) is 51.6 Å². The van der Waals surface area contributed by atoms with E-state index < -0.39 is 0 Å². The minimum Gasteiger partial charge on any atom is -0.319 e. The first-order valence-electron chi connectivity index (χ1n) is 6.38. The molecule has 2 nitrogen and oxygen atoms in total. The Hall–Kier alpha value is 0.100. The van der Waals surface area contributed by atoms with Crippen molar-refractivity contribution in [2.75, 3.05) is 26.7 Å². The predicted molar refractivity (Wildman–Crippen MR) is 78.7 cm³/mol. The molecule has 1 aliphatic rings. The smallest absolute Gasteiger partial charge is 0.0701 e. The molecule has 0 bridgehead atoms. The number of nitrogens with zero attached hydrogens (tertiary/aromatic N) is 1. The molecule has 1 N–H and O–H groups in total. The molecule has 0 aliphatic carbocycles. The molecule has 4 heteroatoms. The van der Waals surface area contributed by atoms with Gasteiger partial charge in [0.2, 0.25) is 0 Å². The van der Waals surface area contributed by atoms with E-state index in [0.29, 0.717) is 6.04 Å². The number of hydrogen-bond acceptors (Lipinski definition) is 3. The molecular formula is C13H21BrN2S. The first-order valence-corrected chi connectivity index (χ1v) is 8.06. The Morgan fingerprint density at radius 3 is 3.00 bits per heavy atom. The highest BCUT2D eigenvalue weighted by atomic mass is 79.9. The lowest BCUT2D eigenvalue weighted by Crippen LogP contribution is -2.29. The molecule has 1 aromatic rings. The van der Waals surface area contributed by atoms with Gasteiger partial charge in [0, 0.05) is 6.04 Å². The van der Waals surface area contributed by atoms with Crippen LogP contribution in [0.15, 0.2) is 15.2 Å². The largest absolute Gasteiger partial charge is 0.319 e. The van der Waals surface area contributed by atoms with Gasteiger partial charge in [-0.05, 0) is 78.4 Å². The lowest BCUT2D eigenvalue weighted by molar-refractivity contribution is 0.228. The molecule has 96 valence electrons. The van der Waals surface area contributed by atoms with E-state index in [1.165, 1.54) is 35.3 Å². The molecule has 1 aliphatic heterocycles. The van der Waals surface area contributed by atoms with Gasteiger partial charge in [0.1, 0.15) is 0 Å². The van der Waals surface area contributed by atoms with Crippen molar-refractivity contribution in [3.05, 3.63) is 20.8 Å². The van der Waals surface area contributed by atoms with Crippen LogP contribution < -0.4 is 5.32 Å². The molecule has 2 heterocycles. The topological polar surface area (TPSA) is 15.3 Å². The highest BCUT2D eigenvalue weighted by Gasteiger charge is 2.34. The van der Waals surface area contributed by atoms with Crippen molar-refractivity contribution in [3.8, 4) is 0 Å².